The van der Waals surface area contributed by atoms with Gasteiger partial charge in [-0.1, -0.05) is 12.1 Å². The number of nitrogens with zero attached hydrogens (tertiary/aromatic N) is 1. The lowest BCUT2D eigenvalue weighted by atomic mass is 10.1. The SMILES string of the molecule is COc1cccc(N(Cc2ccc(C(=O)NNC(=O)C(F)F)cc2F)S(C)(=O)=O)c1. The minimum absolute atomic E-state index is 0.0450. The lowest BCUT2D eigenvalue weighted by molar-refractivity contribution is -0.132. The molecule has 0 fully saturated rings. The molecule has 2 aromatic carbocycles. The maximum atomic E-state index is 14.5. The molecule has 0 aliphatic rings. The van der Waals surface area contributed by atoms with Gasteiger partial charge in [-0.25, -0.2) is 12.8 Å². The molecule has 0 bridgehead atoms. The number of alkyl halides is 2. The Morgan fingerprint density at radius 1 is 1.13 bits per heavy atom. The number of sulfonamides is 1. The molecule has 0 saturated carbocycles. The molecule has 0 saturated heterocycles. The first-order valence-electron chi connectivity index (χ1n) is 8.31. The van der Waals surface area contributed by atoms with Gasteiger partial charge in [0.1, 0.15) is 11.6 Å². The Morgan fingerprint density at radius 3 is 2.40 bits per heavy atom. The maximum Gasteiger partial charge on any atom is 0.317 e. The molecule has 12 heteroatoms. The summed E-state index contributed by atoms with van der Waals surface area (Å²) < 4.78 is 69.2. The average Bonchev–Trinajstić information content (AvgIpc) is 2.69. The van der Waals surface area contributed by atoms with Gasteiger partial charge in [0.25, 0.3) is 5.91 Å². The Balaban J connectivity index is 2.24. The van der Waals surface area contributed by atoms with E-state index >= 15 is 0 Å². The molecule has 0 aliphatic carbocycles. The van der Waals surface area contributed by atoms with Gasteiger partial charge >= 0.3 is 12.3 Å². The van der Waals surface area contributed by atoms with Crippen molar-refractivity contribution in [3.8, 4) is 5.75 Å². The number of benzene rings is 2. The van der Waals surface area contributed by atoms with E-state index in [0.29, 0.717) is 5.75 Å². The number of hydrazine groups is 1. The molecule has 0 aromatic heterocycles. The fraction of sp³-hybridized carbons (Fsp3) is 0.222. The van der Waals surface area contributed by atoms with Crippen LogP contribution in [0.1, 0.15) is 15.9 Å². The summed E-state index contributed by atoms with van der Waals surface area (Å²) in [6.45, 7) is -0.373. The third-order valence-electron chi connectivity index (χ3n) is 3.87. The molecule has 162 valence electrons. The zero-order chi connectivity index (χ0) is 22.5. The summed E-state index contributed by atoms with van der Waals surface area (Å²) in [6.07, 6.45) is -2.37. The molecule has 2 aromatic rings. The molecule has 30 heavy (non-hydrogen) atoms. The summed E-state index contributed by atoms with van der Waals surface area (Å²) in [5.74, 6) is -3.25. The van der Waals surface area contributed by atoms with E-state index in [9.17, 15) is 31.2 Å². The van der Waals surface area contributed by atoms with E-state index < -0.39 is 34.1 Å². The lowest BCUT2D eigenvalue weighted by Gasteiger charge is -2.23. The van der Waals surface area contributed by atoms with E-state index in [4.69, 9.17) is 4.74 Å². The van der Waals surface area contributed by atoms with Crippen LogP contribution < -0.4 is 19.9 Å². The Labute approximate surface area is 170 Å². The molecule has 8 nitrogen and oxygen atoms in total. The van der Waals surface area contributed by atoms with E-state index in [1.807, 2.05) is 0 Å². The smallest absolute Gasteiger partial charge is 0.317 e. The number of hydrogen-bond donors (Lipinski definition) is 2. The van der Waals surface area contributed by atoms with Crippen LogP contribution in [0.25, 0.3) is 0 Å². The van der Waals surface area contributed by atoms with Gasteiger partial charge < -0.3 is 4.74 Å². The Bertz CT molecular complexity index is 1050. The van der Waals surface area contributed by atoms with Gasteiger partial charge in [0.2, 0.25) is 10.0 Å². The van der Waals surface area contributed by atoms with Crippen molar-refractivity contribution in [2.24, 2.45) is 0 Å². The van der Waals surface area contributed by atoms with Crippen LogP contribution in [0.4, 0.5) is 18.9 Å². The monoisotopic (exact) mass is 445 g/mol. The number of amides is 2. The number of methoxy groups -OCH3 is 1. The van der Waals surface area contributed by atoms with Crippen LogP contribution >= 0.6 is 0 Å². The number of halogens is 3. The third-order valence-corrected chi connectivity index (χ3v) is 5.01. The number of hydrogen-bond acceptors (Lipinski definition) is 5. The van der Waals surface area contributed by atoms with Crippen LogP contribution in [0.2, 0.25) is 0 Å². The van der Waals surface area contributed by atoms with E-state index in [-0.39, 0.29) is 23.4 Å². The van der Waals surface area contributed by atoms with Crippen molar-refractivity contribution in [2.75, 3.05) is 17.7 Å². The Morgan fingerprint density at radius 2 is 1.83 bits per heavy atom. The van der Waals surface area contributed by atoms with Crippen molar-refractivity contribution in [3.63, 3.8) is 0 Å². The molecule has 0 unspecified atom stereocenters. The van der Waals surface area contributed by atoms with E-state index in [1.54, 1.807) is 17.6 Å². The molecule has 0 radical (unpaired) electrons. The molecular weight excluding hydrogens is 427 g/mol. The van der Waals surface area contributed by atoms with Gasteiger partial charge in [-0.05, 0) is 24.3 Å². The first-order chi connectivity index (χ1) is 14.0. The number of anilines is 1. The first kappa shape index (κ1) is 23.0. The highest BCUT2D eigenvalue weighted by Crippen LogP contribution is 2.26. The quantitative estimate of drug-likeness (QED) is 0.633. The zero-order valence-corrected chi connectivity index (χ0v) is 16.7. The maximum absolute atomic E-state index is 14.5. The van der Waals surface area contributed by atoms with Crippen LogP contribution in [0.5, 0.6) is 5.75 Å². The summed E-state index contributed by atoms with van der Waals surface area (Å²) in [6, 6.07) is 9.30. The molecule has 2 N–H and O–H groups in total. The molecule has 2 amide bonds. The Hall–Kier alpha value is -3.28. The fourth-order valence-corrected chi connectivity index (χ4v) is 3.25. The van der Waals surface area contributed by atoms with E-state index in [0.717, 1.165) is 22.7 Å². The van der Waals surface area contributed by atoms with Crippen LogP contribution in [0.3, 0.4) is 0 Å². The number of ether oxygens (including phenoxy) is 1. The van der Waals surface area contributed by atoms with Crippen LogP contribution in [0.15, 0.2) is 42.5 Å². The molecule has 0 aliphatic heterocycles. The van der Waals surface area contributed by atoms with Crippen molar-refractivity contribution in [1.82, 2.24) is 10.9 Å². The first-order valence-corrected chi connectivity index (χ1v) is 10.2. The summed E-state index contributed by atoms with van der Waals surface area (Å²) >= 11 is 0. The third kappa shape index (κ3) is 5.86. The van der Waals surface area contributed by atoms with Crippen molar-refractivity contribution >= 4 is 27.5 Å². The number of carbonyl (C=O) groups excluding carboxylic acids is 2. The lowest BCUT2D eigenvalue weighted by Crippen LogP contribution is -2.44. The summed E-state index contributed by atoms with van der Waals surface area (Å²) in [7, 11) is -2.38. The minimum Gasteiger partial charge on any atom is -0.497 e. The summed E-state index contributed by atoms with van der Waals surface area (Å²) in [5, 5.41) is 0. The van der Waals surface area contributed by atoms with Crippen molar-refractivity contribution in [3.05, 3.63) is 59.4 Å². The van der Waals surface area contributed by atoms with Gasteiger partial charge in [0.15, 0.2) is 0 Å². The van der Waals surface area contributed by atoms with Crippen LogP contribution in [0, 0.1) is 5.82 Å². The number of carbonyl (C=O) groups is 2. The largest absolute Gasteiger partial charge is 0.497 e. The van der Waals surface area contributed by atoms with Gasteiger partial charge in [-0.3, -0.25) is 24.7 Å². The highest BCUT2D eigenvalue weighted by Gasteiger charge is 2.21. The highest BCUT2D eigenvalue weighted by molar-refractivity contribution is 7.92. The predicted octanol–water partition coefficient (Wildman–Crippen LogP) is 1.83. The second kappa shape index (κ2) is 9.48. The number of rotatable bonds is 7. The highest BCUT2D eigenvalue weighted by atomic mass is 32.2. The topological polar surface area (TPSA) is 105 Å². The molecular formula is C18H18F3N3O5S. The van der Waals surface area contributed by atoms with Crippen LogP contribution in [-0.2, 0) is 21.4 Å². The molecule has 0 atom stereocenters. The van der Waals surface area contributed by atoms with E-state index in [2.05, 4.69) is 0 Å². The second-order valence-corrected chi connectivity index (χ2v) is 7.93. The van der Waals surface area contributed by atoms with Gasteiger partial charge in [0.05, 0.1) is 25.6 Å². The molecule has 0 heterocycles. The minimum atomic E-state index is -3.80. The molecule has 2 rings (SSSR count). The summed E-state index contributed by atoms with van der Waals surface area (Å²) in [5.41, 5.74) is 3.15. The van der Waals surface area contributed by atoms with Gasteiger partial charge in [0, 0.05) is 17.2 Å². The van der Waals surface area contributed by atoms with Crippen molar-refractivity contribution in [1.29, 1.82) is 0 Å². The van der Waals surface area contributed by atoms with Gasteiger partial charge in [-0.15, -0.1) is 0 Å². The van der Waals surface area contributed by atoms with Crippen molar-refractivity contribution in [2.45, 2.75) is 13.0 Å². The number of nitrogens with one attached hydrogen (secondary N) is 2. The predicted molar refractivity (Wildman–Crippen MR) is 102 cm³/mol. The Kier molecular flexibility index (Phi) is 7.27. The fourth-order valence-electron chi connectivity index (χ4n) is 2.38. The zero-order valence-electron chi connectivity index (χ0n) is 15.9. The molecule has 0 spiro atoms. The van der Waals surface area contributed by atoms with E-state index in [1.165, 1.54) is 30.7 Å². The van der Waals surface area contributed by atoms with Crippen molar-refractivity contribution < 1.29 is 35.9 Å². The van der Waals surface area contributed by atoms with Crippen LogP contribution in [-0.4, -0.2) is 40.0 Å². The second-order valence-electron chi connectivity index (χ2n) is 6.02. The summed E-state index contributed by atoms with van der Waals surface area (Å²) in [4.78, 5) is 22.6. The normalized spacial score (nSPS) is 11.1. The van der Waals surface area contributed by atoms with Gasteiger partial charge in [-0.2, -0.15) is 8.78 Å². The standard InChI is InChI=1S/C18H18F3N3O5S/c1-29-14-5-3-4-13(9-14)24(30(2,27)28)10-12-7-6-11(8-15(12)19)17(25)22-23-18(26)16(20)21/h3-9,16H,10H2,1-2H3,(H,22,25)(H,23,26). The average molecular weight is 445 g/mol.